The summed E-state index contributed by atoms with van der Waals surface area (Å²) in [6.07, 6.45) is -0.243. The van der Waals surface area contributed by atoms with Gasteiger partial charge < -0.3 is 23.8 Å². The van der Waals surface area contributed by atoms with Crippen molar-refractivity contribution in [3.63, 3.8) is 0 Å². The van der Waals surface area contributed by atoms with Crippen LogP contribution in [0.2, 0.25) is 0 Å². The van der Waals surface area contributed by atoms with Gasteiger partial charge in [-0.1, -0.05) is 0 Å². The summed E-state index contributed by atoms with van der Waals surface area (Å²) < 4.78 is 20.5. The molecule has 0 aliphatic carbocycles. The fourth-order valence-electron chi connectivity index (χ4n) is 2.15. The lowest BCUT2D eigenvalue weighted by Crippen LogP contribution is -2.50. The Bertz CT molecular complexity index is 365. The Kier molecular flexibility index (Phi) is 6.42. The summed E-state index contributed by atoms with van der Waals surface area (Å²) in [5.41, 5.74) is -0.585. The van der Waals surface area contributed by atoms with E-state index in [9.17, 15) is 9.59 Å². The van der Waals surface area contributed by atoms with Crippen LogP contribution in [0.25, 0.3) is 0 Å². The standard InChI is InChI=1S/C14H25NO6/c1-14(2,3)21-13(17)15-7-10(12(16)19-5)6-11(8-15)20-9-18-4/h10-11H,6-9H2,1-5H3/t10-,11+/m1/s1. The number of ether oxygens (including phenoxy) is 4. The molecule has 1 rings (SSSR count). The third-order valence-electron chi connectivity index (χ3n) is 3.02. The zero-order valence-electron chi connectivity index (χ0n) is 13.4. The first-order chi connectivity index (χ1) is 9.76. The van der Waals surface area contributed by atoms with Gasteiger partial charge >= 0.3 is 12.1 Å². The minimum atomic E-state index is -0.585. The van der Waals surface area contributed by atoms with Crippen molar-refractivity contribution in [2.24, 2.45) is 5.92 Å². The van der Waals surface area contributed by atoms with Gasteiger partial charge in [0.1, 0.15) is 12.4 Å². The van der Waals surface area contributed by atoms with E-state index in [4.69, 9.17) is 18.9 Å². The van der Waals surface area contributed by atoms with Gasteiger partial charge in [0.05, 0.1) is 25.7 Å². The molecule has 1 aliphatic rings. The third-order valence-corrected chi connectivity index (χ3v) is 3.02. The second-order valence-corrected chi connectivity index (χ2v) is 6.04. The monoisotopic (exact) mass is 303 g/mol. The Morgan fingerprint density at radius 2 is 1.86 bits per heavy atom. The van der Waals surface area contributed by atoms with Crippen LogP contribution in [0.3, 0.4) is 0 Å². The van der Waals surface area contributed by atoms with Gasteiger partial charge in [0, 0.05) is 13.7 Å². The molecule has 0 unspecified atom stereocenters. The molecule has 0 spiro atoms. The van der Waals surface area contributed by atoms with Crippen LogP contribution in [0, 0.1) is 5.92 Å². The van der Waals surface area contributed by atoms with Crippen LogP contribution in [0.15, 0.2) is 0 Å². The van der Waals surface area contributed by atoms with Gasteiger partial charge in [-0.25, -0.2) is 4.79 Å². The molecule has 122 valence electrons. The number of piperidine rings is 1. The van der Waals surface area contributed by atoms with Crippen molar-refractivity contribution in [3.8, 4) is 0 Å². The molecule has 0 bridgehead atoms. The normalized spacial score (nSPS) is 22.8. The lowest BCUT2D eigenvalue weighted by atomic mass is 9.96. The van der Waals surface area contributed by atoms with Crippen molar-refractivity contribution in [3.05, 3.63) is 0 Å². The van der Waals surface area contributed by atoms with Crippen LogP contribution >= 0.6 is 0 Å². The Balaban J connectivity index is 2.72. The zero-order chi connectivity index (χ0) is 16.0. The summed E-state index contributed by atoms with van der Waals surface area (Å²) in [6.45, 7) is 6.14. The third kappa shape index (κ3) is 5.89. The largest absolute Gasteiger partial charge is 0.469 e. The summed E-state index contributed by atoms with van der Waals surface area (Å²) in [5.74, 6) is -0.771. The first-order valence-corrected chi connectivity index (χ1v) is 6.93. The van der Waals surface area contributed by atoms with E-state index in [0.29, 0.717) is 13.0 Å². The molecule has 1 heterocycles. The summed E-state index contributed by atoms with van der Waals surface area (Å²) >= 11 is 0. The number of nitrogens with zero attached hydrogens (tertiary/aromatic N) is 1. The highest BCUT2D eigenvalue weighted by Gasteiger charge is 2.36. The minimum absolute atomic E-state index is 0.112. The number of hydrogen-bond donors (Lipinski definition) is 0. The molecule has 1 aliphatic heterocycles. The van der Waals surface area contributed by atoms with E-state index in [-0.39, 0.29) is 25.4 Å². The SMILES string of the molecule is COCO[C@H]1C[C@@H](C(=O)OC)CN(C(=O)OC(C)(C)C)C1. The molecule has 2 atom stereocenters. The Morgan fingerprint density at radius 1 is 1.19 bits per heavy atom. The number of likely N-dealkylation sites (tertiary alicyclic amines) is 1. The molecule has 0 aromatic heterocycles. The van der Waals surface area contributed by atoms with Gasteiger partial charge in [0.15, 0.2) is 0 Å². The van der Waals surface area contributed by atoms with Gasteiger partial charge in [-0.05, 0) is 27.2 Å². The van der Waals surface area contributed by atoms with E-state index in [1.807, 2.05) is 0 Å². The molecule has 1 amide bonds. The molecule has 21 heavy (non-hydrogen) atoms. The lowest BCUT2D eigenvalue weighted by molar-refractivity contribution is -0.153. The number of methoxy groups -OCH3 is 2. The molecule has 0 aromatic carbocycles. The van der Waals surface area contributed by atoms with Gasteiger partial charge in [0.25, 0.3) is 0 Å². The van der Waals surface area contributed by atoms with Crippen molar-refractivity contribution >= 4 is 12.1 Å². The summed E-state index contributed by atoms with van der Waals surface area (Å²) in [6, 6.07) is 0. The van der Waals surface area contributed by atoms with Crippen molar-refractivity contribution < 1.29 is 28.5 Å². The Morgan fingerprint density at radius 3 is 2.38 bits per heavy atom. The maximum atomic E-state index is 12.2. The predicted octanol–water partition coefficient (Wildman–Crippen LogP) is 1.41. The van der Waals surface area contributed by atoms with Crippen molar-refractivity contribution in [2.45, 2.75) is 38.9 Å². The number of hydrogen-bond acceptors (Lipinski definition) is 6. The van der Waals surface area contributed by atoms with Crippen LogP contribution < -0.4 is 0 Å². The highest BCUT2D eigenvalue weighted by Crippen LogP contribution is 2.22. The second kappa shape index (κ2) is 7.61. The average Bonchev–Trinajstić information content (AvgIpc) is 2.42. The Labute approximate surface area is 125 Å². The fourth-order valence-corrected chi connectivity index (χ4v) is 2.15. The first kappa shape index (κ1) is 17.7. The highest BCUT2D eigenvalue weighted by molar-refractivity contribution is 5.75. The fraction of sp³-hybridized carbons (Fsp3) is 0.857. The average molecular weight is 303 g/mol. The maximum absolute atomic E-state index is 12.2. The molecule has 0 radical (unpaired) electrons. The van der Waals surface area contributed by atoms with Crippen LogP contribution in [-0.2, 0) is 23.7 Å². The number of carbonyl (C=O) groups excluding carboxylic acids is 2. The predicted molar refractivity (Wildman–Crippen MR) is 74.7 cm³/mol. The van der Waals surface area contributed by atoms with Crippen molar-refractivity contribution in [1.29, 1.82) is 0 Å². The van der Waals surface area contributed by atoms with Crippen LogP contribution in [0.4, 0.5) is 4.79 Å². The topological polar surface area (TPSA) is 74.3 Å². The maximum Gasteiger partial charge on any atom is 0.410 e. The van der Waals surface area contributed by atoms with Crippen LogP contribution in [0.1, 0.15) is 27.2 Å². The van der Waals surface area contributed by atoms with E-state index in [1.54, 1.807) is 20.8 Å². The smallest absolute Gasteiger partial charge is 0.410 e. The van der Waals surface area contributed by atoms with Gasteiger partial charge in [0.2, 0.25) is 0 Å². The molecular weight excluding hydrogens is 278 g/mol. The molecule has 0 aromatic rings. The van der Waals surface area contributed by atoms with Gasteiger partial charge in [-0.15, -0.1) is 0 Å². The number of amides is 1. The Hall–Kier alpha value is -1.34. The van der Waals surface area contributed by atoms with Crippen LogP contribution in [0.5, 0.6) is 0 Å². The van der Waals surface area contributed by atoms with E-state index < -0.39 is 17.6 Å². The summed E-state index contributed by atoms with van der Waals surface area (Å²) in [5, 5.41) is 0. The van der Waals surface area contributed by atoms with E-state index >= 15 is 0 Å². The second-order valence-electron chi connectivity index (χ2n) is 6.04. The lowest BCUT2D eigenvalue weighted by Gasteiger charge is -2.37. The molecule has 7 nitrogen and oxygen atoms in total. The van der Waals surface area contributed by atoms with Crippen molar-refractivity contribution in [1.82, 2.24) is 4.90 Å². The molecular formula is C14H25NO6. The molecule has 1 saturated heterocycles. The summed E-state index contributed by atoms with van der Waals surface area (Å²) in [7, 11) is 2.85. The number of esters is 1. The van der Waals surface area contributed by atoms with E-state index in [1.165, 1.54) is 19.1 Å². The van der Waals surface area contributed by atoms with Gasteiger partial charge in [-0.3, -0.25) is 4.79 Å². The van der Waals surface area contributed by atoms with Gasteiger partial charge in [-0.2, -0.15) is 0 Å². The summed E-state index contributed by atoms with van der Waals surface area (Å²) in [4.78, 5) is 25.4. The molecule has 1 fully saturated rings. The number of carbonyl (C=O) groups is 2. The molecule has 0 saturated carbocycles. The zero-order valence-corrected chi connectivity index (χ0v) is 13.4. The number of rotatable bonds is 4. The van der Waals surface area contributed by atoms with Crippen LogP contribution in [-0.4, -0.2) is 62.8 Å². The molecule has 7 heteroatoms. The quantitative estimate of drug-likeness (QED) is 0.577. The van der Waals surface area contributed by atoms with Crippen molar-refractivity contribution in [2.75, 3.05) is 34.1 Å². The molecule has 0 N–H and O–H groups in total. The van der Waals surface area contributed by atoms with E-state index in [2.05, 4.69) is 0 Å². The highest BCUT2D eigenvalue weighted by atomic mass is 16.7. The van der Waals surface area contributed by atoms with E-state index in [0.717, 1.165) is 0 Å². The minimum Gasteiger partial charge on any atom is -0.469 e. The first-order valence-electron chi connectivity index (χ1n) is 6.93.